The highest BCUT2D eigenvalue weighted by Gasteiger charge is 2.26. The monoisotopic (exact) mass is 977 g/mol. The van der Waals surface area contributed by atoms with E-state index in [1.807, 2.05) is 6.07 Å². The van der Waals surface area contributed by atoms with E-state index < -0.39 is 41.7 Å². The highest BCUT2D eigenvalue weighted by Crippen LogP contribution is 2.30. The molecule has 0 aliphatic carbocycles. The van der Waals surface area contributed by atoms with E-state index >= 15 is 0 Å². The van der Waals surface area contributed by atoms with Gasteiger partial charge in [-0.25, -0.2) is 26.1 Å². The molecule has 15 N–H and O–H groups in total. The molecule has 0 fully saturated rings. The smallest absolute Gasteiger partial charge is 0.326 e. The van der Waals surface area contributed by atoms with Crippen LogP contribution >= 0.6 is 0 Å². The summed E-state index contributed by atoms with van der Waals surface area (Å²) in [5.41, 5.74) is 23.5. The minimum absolute atomic E-state index is 0.00172. The Hall–Kier alpha value is -8.81. The van der Waals surface area contributed by atoms with Crippen molar-refractivity contribution in [2.75, 3.05) is 47.9 Å². The molecule has 4 aromatic rings. The number of benzene rings is 2. The molecular weight excluding hydrogens is 923 g/mol. The van der Waals surface area contributed by atoms with Gasteiger partial charge < -0.3 is 53.8 Å². The van der Waals surface area contributed by atoms with Crippen LogP contribution in [0.1, 0.15) is 89.4 Å². The van der Waals surface area contributed by atoms with Crippen LogP contribution < -0.4 is 60.1 Å². The molecule has 6 rings (SSSR count). The van der Waals surface area contributed by atoms with Crippen LogP contribution in [0.3, 0.4) is 0 Å². The summed E-state index contributed by atoms with van der Waals surface area (Å²) < 4.78 is 0. The fourth-order valence-corrected chi connectivity index (χ4v) is 7.76. The highest BCUT2D eigenvalue weighted by molar-refractivity contribution is 6.13. The Morgan fingerprint density at radius 1 is 0.873 bits per heavy atom. The molecule has 0 saturated heterocycles. The number of carbonyl (C=O) groups excluding carboxylic acids is 7. The van der Waals surface area contributed by atoms with Crippen LogP contribution in [0.5, 0.6) is 0 Å². The normalized spacial score (nSPS) is 14.1. The zero-order valence-electron chi connectivity index (χ0n) is 38.7. The Morgan fingerprint density at radius 3 is 2.39 bits per heavy atom. The number of aromatic nitrogens is 4. The maximum absolute atomic E-state index is 13.4. The first kappa shape index (κ1) is 51.6. The lowest BCUT2D eigenvalue weighted by molar-refractivity contribution is -0.139. The number of carboxylic acid groups (broad SMARTS) is 1. The number of hydrazine groups is 1. The van der Waals surface area contributed by atoms with Crippen LogP contribution in [0.15, 0.2) is 59.8 Å². The van der Waals surface area contributed by atoms with Gasteiger partial charge in [0.15, 0.2) is 22.8 Å². The number of amidine groups is 1. The quantitative estimate of drug-likeness (QED) is 0.0107. The molecule has 2 aromatic heterocycles. The number of carbonyl (C=O) groups is 8. The molecule has 0 bridgehead atoms. The SMILES string of the molecule is CC(NC(=O)CNC(=O)CCCCCN1C(=O)C=CC1=O)C(=O)Nc1ccc(C(=O)NCCCC(NC(=O)c2ccc3c(c2)CCCN3Cc2cnc3nc(N)nc(N)c3n2)C(=O)O)c(/C(N)=N/NN)c1. The minimum Gasteiger partial charge on any atom is -0.480 e. The van der Waals surface area contributed by atoms with Crippen molar-refractivity contribution in [1.29, 1.82) is 0 Å². The van der Waals surface area contributed by atoms with Crippen LogP contribution in [0, 0.1) is 0 Å². The van der Waals surface area contributed by atoms with Gasteiger partial charge in [-0.15, -0.1) is 5.10 Å². The van der Waals surface area contributed by atoms with Crippen molar-refractivity contribution in [2.45, 2.75) is 76.9 Å². The second-order valence-electron chi connectivity index (χ2n) is 16.5. The van der Waals surface area contributed by atoms with Gasteiger partial charge in [-0.3, -0.25) is 38.5 Å². The van der Waals surface area contributed by atoms with Crippen molar-refractivity contribution < 1.29 is 43.5 Å². The summed E-state index contributed by atoms with van der Waals surface area (Å²) in [5.74, 6) is 0.415. The summed E-state index contributed by atoms with van der Waals surface area (Å²) in [7, 11) is 0. The lowest BCUT2D eigenvalue weighted by Crippen LogP contribution is -2.45. The molecule has 2 aliphatic rings. The first-order chi connectivity index (χ1) is 34.0. The van der Waals surface area contributed by atoms with E-state index in [9.17, 15) is 43.5 Å². The van der Waals surface area contributed by atoms with Crippen molar-refractivity contribution in [3.63, 3.8) is 0 Å². The Bertz CT molecular complexity index is 2770. The largest absolute Gasteiger partial charge is 0.480 e. The number of nitrogens with one attached hydrogen (secondary N) is 6. The molecule has 4 heterocycles. The number of aryl methyl sites for hydroxylation is 1. The standard InChI is InChI=1S/C45H55N17O9/c1-24(53-34(64)22-51-33(63)9-3-2-4-18-62-35(65)14-15-36(62)66)41(67)55-27-11-12-29(30(20-27)38(46)59-60-49)43(69)50-16-5-8-31(44(70)71)56-42(68)26-10-13-32-25(19-26)7-6-17-61(32)23-28-21-52-40-37(54-28)39(47)57-45(48)58-40/h10-15,19-21,24,31,60H,2-9,16-18,22-23,49H2,1H3,(H2,46,59)(H,50,69)(H,51,63)(H,53,64)(H,55,67)(H,56,68)(H,70,71)(H4,47,48,52,57,58). The predicted octanol–water partition coefficient (Wildman–Crippen LogP) is -0.941. The Morgan fingerprint density at radius 2 is 1.65 bits per heavy atom. The van der Waals surface area contributed by atoms with E-state index in [4.69, 9.17) is 23.0 Å². The molecule has 2 aliphatic heterocycles. The van der Waals surface area contributed by atoms with Gasteiger partial charge in [-0.1, -0.05) is 6.42 Å². The third-order valence-electron chi connectivity index (χ3n) is 11.4. The number of imide groups is 1. The number of anilines is 4. The van der Waals surface area contributed by atoms with Crippen LogP contribution in [0.4, 0.5) is 23.1 Å². The maximum Gasteiger partial charge on any atom is 0.326 e. The van der Waals surface area contributed by atoms with Gasteiger partial charge in [0.25, 0.3) is 23.6 Å². The van der Waals surface area contributed by atoms with E-state index in [1.165, 1.54) is 37.3 Å². The number of rotatable bonds is 23. The number of aliphatic carboxylic acids is 1. The van der Waals surface area contributed by atoms with Gasteiger partial charge in [0, 0.05) is 60.7 Å². The highest BCUT2D eigenvalue weighted by atomic mass is 16.4. The molecule has 2 atom stereocenters. The second kappa shape index (κ2) is 24.0. The second-order valence-corrected chi connectivity index (χ2v) is 16.5. The van der Waals surface area contributed by atoms with E-state index in [-0.39, 0.29) is 102 Å². The predicted molar refractivity (Wildman–Crippen MR) is 258 cm³/mol. The van der Waals surface area contributed by atoms with Crippen LogP contribution in [-0.2, 0) is 41.7 Å². The molecule has 71 heavy (non-hydrogen) atoms. The van der Waals surface area contributed by atoms with Crippen molar-refractivity contribution in [3.05, 3.63) is 82.7 Å². The van der Waals surface area contributed by atoms with Gasteiger partial charge in [-0.05, 0) is 87.4 Å². The Balaban J connectivity index is 0.952. The average molecular weight is 978 g/mol. The zero-order valence-corrected chi connectivity index (χ0v) is 38.7. The topological polar surface area (TPSA) is 403 Å². The molecule has 0 saturated carbocycles. The van der Waals surface area contributed by atoms with E-state index in [0.717, 1.165) is 29.1 Å². The van der Waals surface area contributed by atoms with Crippen molar-refractivity contribution >= 4 is 87.5 Å². The fourth-order valence-electron chi connectivity index (χ4n) is 7.76. The number of hydrazone groups is 1. The lowest BCUT2D eigenvalue weighted by Gasteiger charge is -2.31. The van der Waals surface area contributed by atoms with E-state index in [2.05, 4.69) is 62.1 Å². The maximum atomic E-state index is 13.4. The third kappa shape index (κ3) is 13.9. The first-order valence-electron chi connectivity index (χ1n) is 22.6. The number of hydrogen-bond acceptors (Lipinski definition) is 18. The van der Waals surface area contributed by atoms with Crippen molar-refractivity contribution in [2.24, 2.45) is 16.7 Å². The molecule has 374 valence electrons. The van der Waals surface area contributed by atoms with Crippen molar-refractivity contribution in [3.8, 4) is 0 Å². The fraction of sp³-hybridized carbons (Fsp3) is 0.356. The molecule has 26 nitrogen and oxygen atoms in total. The summed E-state index contributed by atoms with van der Waals surface area (Å²) in [6.45, 7) is 2.42. The Kier molecular flexibility index (Phi) is 17.4. The molecule has 2 aromatic carbocycles. The van der Waals surface area contributed by atoms with E-state index in [1.54, 1.807) is 18.3 Å². The summed E-state index contributed by atoms with van der Waals surface area (Å²) in [6.07, 6.45) is 7.33. The molecule has 2 unspecified atom stereocenters. The van der Waals surface area contributed by atoms with Crippen molar-refractivity contribution in [1.82, 2.24) is 51.6 Å². The molecule has 0 spiro atoms. The number of fused-ring (bicyclic) bond motifs is 2. The summed E-state index contributed by atoms with van der Waals surface area (Å²) >= 11 is 0. The van der Waals surface area contributed by atoms with Gasteiger partial charge in [-0.2, -0.15) is 9.97 Å². The van der Waals surface area contributed by atoms with Gasteiger partial charge in [0.1, 0.15) is 12.1 Å². The van der Waals surface area contributed by atoms with Gasteiger partial charge in [0.05, 0.1) is 30.5 Å². The average Bonchev–Trinajstić information content (AvgIpc) is 3.66. The number of nitrogens with zero attached hydrogens (tertiary/aromatic N) is 7. The van der Waals surface area contributed by atoms with Crippen LogP contribution in [-0.4, -0.2) is 121 Å². The summed E-state index contributed by atoms with van der Waals surface area (Å²) in [6, 6.07) is 7.00. The van der Waals surface area contributed by atoms with E-state index in [0.29, 0.717) is 43.4 Å². The number of amides is 7. The zero-order chi connectivity index (χ0) is 51.2. The number of nitrogens with two attached hydrogens (primary N) is 4. The molecule has 26 heteroatoms. The van der Waals surface area contributed by atoms with Gasteiger partial charge >= 0.3 is 5.97 Å². The summed E-state index contributed by atoms with van der Waals surface area (Å²) in [5, 5.41) is 26.6. The number of nitrogen functional groups attached to an aromatic ring is 2. The molecule has 7 amide bonds. The Labute approximate surface area is 405 Å². The molecule has 0 radical (unpaired) electrons. The first-order valence-corrected chi connectivity index (χ1v) is 22.6. The van der Waals surface area contributed by atoms with Crippen LogP contribution in [0.25, 0.3) is 11.2 Å². The summed E-state index contributed by atoms with van der Waals surface area (Å²) in [4.78, 5) is 120. The number of unbranched alkanes of at least 4 members (excludes halogenated alkanes) is 2. The lowest BCUT2D eigenvalue weighted by atomic mass is 9.98. The molecular formula is C45H55N17O9. The number of hydrogen-bond donors (Lipinski definition) is 11. The van der Waals surface area contributed by atoms with Gasteiger partial charge in [0.2, 0.25) is 23.7 Å². The number of carboxylic acids is 1. The third-order valence-corrected chi connectivity index (χ3v) is 11.4. The minimum atomic E-state index is -1.28. The van der Waals surface area contributed by atoms with Crippen LogP contribution in [0.2, 0.25) is 0 Å².